The first-order valence-corrected chi connectivity index (χ1v) is 8.70. The van der Waals surface area contributed by atoms with Crippen molar-refractivity contribution in [2.24, 2.45) is 23.3 Å². The highest BCUT2D eigenvalue weighted by Gasteiger charge is 2.24. The fourth-order valence-corrected chi connectivity index (χ4v) is 3.15. The first-order chi connectivity index (χ1) is 11.8. The minimum atomic E-state index is 0.308. The van der Waals surface area contributed by atoms with Gasteiger partial charge in [0.1, 0.15) is 5.75 Å². The molecular formula is C20H29N3O. The molecule has 5 N–H and O–H groups in total. The highest BCUT2D eigenvalue weighted by atomic mass is 16.5. The molecule has 0 fully saturated rings. The maximum absolute atomic E-state index is 6.13. The number of hydrogen-bond donors (Lipinski definition) is 3. The highest BCUT2D eigenvalue weighted by molar-refractivity contribution is 5.30. The lowest BCUT2D eigenvalue weighted by molar-refractivity contribution is 0.337. The van der Waals surface area contributed by atoms with Crippen molar-refractivity contribution in [3.63, 3.8) is 0 Å². The molecule has 2 unspecified atom stereocenters. The summed E-state index contributed by atoms with van der Waals surface area (Å²) in [4.78, 5) is 0. The van der Waals surface area contributed by atoms with E-state index in [9.17, 15) is 0 Å². The third-order valence-electron chi connectivity index (χ3n) is 4.30. The van der Waals surface area contributed by atoms with E-state index in [-0.39, 0.29) is 0 Å². The molecule has 2 atom stereocenters. The van der Waals surface area contributed by atoms with Gasteiger partial charge in [-0.15, -0.1) is 0 Å². The van der Waals surface area contributed by atoms with Crippen LogP contribution in [0, 0.1) is 11.8 Å². The van der Waals surface area contributed by atoms with Gasteiger partial charge in [-0.2, -0.15) is 0 Å². The van der Waals surface area contributed by atoms with Gasteiger partial charge in [-0.3, -0.25) is 0 Å². The van der Waals surface area contributed by atoms with Crippen LogP contribution in [0.15, 0.2) is 60.5 Å². The fourth-order valence-electron chi connectivity index (χ4n) is 3.15. The third-order valence-corrected chi connectivity index (χ3v) is 4.30. The second-order valence-corrected chi connectivity index (χ2v) is 5.97. The van der Waals surface area contributed by atoms with E-state index < -0.39 is 0 Å². The van der Waals surface area contributed by atoms with Crippen molar-refractivity contribution in [1.29, 1.82) is 0 Å². The molecule has 1 aliphatic rings. The van der Waals surface area contributed by atoms with Crippen LogP contribution in [0.5, 0.6) is 5.75 Å². The monoisotopic (exact) mass is 327 g/mol. The van der Waals surface area contributed by atoms with Crippen molar-refractivity contribution < 1.29 is 4.74 Å². The largest absolute Gasteiger partial charge is 0.494 e. The van der Waals surface area contributed by atoms with Crippen molar-refractivity contribution in [1.82, 2.24) is 5.32 Å². The Hall–Kier alpha value is -2.04. The van der Waals surface area contributed by atoms with Crippen molar-refractivity contribution in [2.75, 3.05) is 19.7 Å². The molecule has 1 heterocycles. The minimum Gasteiger partial charge on any atom is -0.494 e. The number of nitrogens with two attached hydrogens (primary N) is 2. The van der Waals surface area contributed by atoms with E-state index >= 15 is 0 Å². The lowest BCUT2D eigenvalue weighted by Gasteiger charge is -2.28. The van der Waals surface area contributed by atoms with Gasteiger partial charge in [0.05, 0.1) is 6.61 Å². The molecule has 4 heteroatoms. The Morgan fingerprint density at radius 1 is 1.17 bits per heavy atom. The van der Waals surface area contributed by atoms with Gasteiger partial charge in [-0.05, 0) is 68.6 Å². The van der Waals surface area contributed by atoms with Gasteiger partial charge in [0.25, 0.3) is 0 Å². The topological polar surface area (TPSA) is 73.3 Å². The Morgan fingerprint density at radius 3 is 2.79 bits per heavy atom. The number of ether oxygens (including phenoxy) is 1. The van der Waals surface area contributed by atoms with E-state index in [0.29, 0.717) is 31.5 Å². The molecule has 0 radical (unpaired) electrons. The van der Waals surface area contributed by atoms with E-state index in [0.717, 1.165) is 18.6 Å². The molecule has 2 rings (SSSR count). The average molecular weight is 327 g/mol. The predicted molar refractivity (Wildman–Crippen MR) is 101 cm³/mol. The average Bonchev–Trinajstić information content (AvgIpc) is 2.88. The zero-order chi connectivity index (χ0) is 17.2. The summed E-state index contributed by atoms with van der Waals surface area (Å²) in [7, 11) is 0. The fraction of sp³-hybridized carbons (Fsp3) is 0.400. The Balaban J connectivity index is 2.16. The SMILES string of the molecule is CCOc1cccc(CC(CN)C(CCN)C2=CC=CC=CN2)c1. The number of allylic oxidation sites excluding steroid dienone is 5. The molecule has 0 aliphatic carbocycles. The zero-order valence-corrected chi connectivity index (χ0v) is 14.4. The van der Waals surface area contributed by atoms with E-state index in [1.54, 1.807) is 0 Å². The summed E-state index contributed by atoms with van der Waals surface area (Å²) in [6.07, 6.45) is 12.0. The van der Waals surface area contributed by atoms with Crippen LogP contribution >= 0.6 is 0 Å². The van der Waals surface area contributed by atoms with Gasteiger partial charge in [0.15, 0.2) is 0 Å². The van der Waals surface area contributed by atoms with Gasteiger partial charge in [0.2, 0.25) is 0 Å². The third kappa shape index (κ3) is 5.25. The van der Waals surface area contributed by atoms with Crippen molar-refractivity contribution in [3.05, 3.63) is 66.0 Å². The molecule has 0 saturated heterocycles. The van der Waals surface area contributed by atoms with Crippen LogP contribution in [-0.4, -0.2) is 19.7 Å². The Kier molecular flexibility index (Phi) is 7.59. The van der Waals surface area contributed by atoms with E-state index in [4.69, 9.17) is 16.2 Å². The number of hydrogen-bond acceptors (Lipinski definition) is 4. The molecule has 1 aromatic rings. The van der Waals surface area contributed by atoms with Crippen LogP contribution < -0.4 is 21.5 Å². The van der Waals surface area contributed by atoms with Gasteiger partial charge >= 0.3 is 0 Å². The smallest absolute Gasteiger partial charge is 0.119 e. The molecule has 0 bridgehead atoms. The van der Waals surface area contributed by atoms with Crippen LogP contribution in [0.1, 0.15) is 18.9 Å². The first-order valence-electron chi connectivity index (χ1n) is 8.70. The summed E-state index contributed by atoms with van der Waals surface area (Å²) in [6, 6.07) is 8.28. The highest BCUT2D eigenvalue weighted by Crippen LogP contribution is 2.27. The van der Waals surface area contributed by atoms with E-state index in [2.05, 4.69) is 29.6 Å². The summed E-state index contributed by atoms with van der Waals surface area (Å²) in [5.41, 5.74) is 14.4. The summed E-state index contributed by atoms with van der Waals surface area (Å²) < 4.78 is 5.61. The molecule has 1 aliphatic heterocycles. The molecule has 0 saturated carbocycles. The van der Waals surface area contributed by atoms with Gasteiger partial charge in [-0.1, -0.05) is 24.3 Å². The maximum Gasteiger partial charge on any atom is 0.119 e. The molecule has 1 aromatic carbocycles. The molecule has 0 amide bonds. The first kappa shape index (κ1) is 18.3. The van der Waals surface area contributed by atoms with Crippen LogP contribution in [0.2, 0.25) is 0 Å². The lowest BCUT2D eigenvalue weighted by Crippen LogP contribution is -2.32. The number of rotatable bonds is 9. The van der Waals surface area contributed by atoms with Crippen LogP contribution in [0.3, 0.4) is 0 Å². The molecule has 130 valence electrons. The Labute approximate surface area is 145 Å². The second-order valence-electron chi connectivity index (χ2n) is 5.97. The molecular weight excluding hydrogens is 298 g/mol. The van der Waals surface area contributed by atoms with Gasteiger partial charge < -0.3 is 21.5 Å². The van der Waals surface area contributed by atoms with Crippen molar-refractivity contribution >= 4 is 0 Å². The Bertz CT molecular complexity index is 592. The predicted octanol–water partition coefficient (Wildman–Crippen LogP) is 2.72. The number of benzene rings is 1. The summed E-state index contributed by atoms with van der Waals surface area (Å²) >= 11 is 0. The summed E-state index contributed by atoms with van der Waals surface area (Å²) in [5.74, 6) is 1.55. The molecule has 0 spiro atoms. The van der Waals surface area contributed by atoms with Crippen LogP contribution in [0.4, 0.5) is 0 Å². The lowest BCUT2D eigenvalue weighted by atomic mass is 9.82. The second kappa shape index (κ2) is 9.96. The molecule has 24 heavy (non-hydrogen) atoms. The number of nitrogens with one attached hydrogen (secondary N) is 1. The van der Waals surface area contributed by atoms with Crippen LogP contribution in [0.25, 0.3) is 0 Å². The van der Waals surface area contributed by atoms with Gasteiger partial charge in [0, 0.05) is 17.8 Å². The zero-order valence-electron chi connectivity index (χ0n) is 14.4. The minimum absolute atomic E-state index is 0.308. The Morgan fingerprint density at radius 2 is 2.04 bits per heavy atom. The quantitative estimate of drug-likeness (QED) is 0.652. The van der Waals surface area contributed by atoms with E-state index in [1.807, 2.05) is 37.4 Å². The normalized spacial score (nSPS) is 16.0. The maximum atomic E-state index is 6.13. The summed E-state index contributed by atoms with van der Waals surface area (Å²) in [5, 5.41) is 3.38. The van der Waals surface area contributed by atoms with Gasteiger partial charge in [-0.25, -0.2) is 0 Å². The molecule has 4 nitrogen and oxygen atoms in total. The van der Waals surface area contributed by atoms with E-state index in [1.165, 1.54) is 11.3 Å². The van der Waals surface area contributed by atoms with Crippen molar-refractivity contribution in [3.8, 4) is 5.75 Å². The standard InChI is InChI=1S/C20H29N3O/c1-2-24-18-8-6-7-16(14-18)13-17(15-22)19(10-11-21)20-9-4-3-5-12-23-20/h3-9,12,14,17,19,23H,2,10-11,13,15,21-22H2,1H3. The van der Waals surface area contributed by atoms with Crippen LogP contribution in [-0.2, 0) is 6.42 Å². The summed E-state index contributed by atoms with van der Waals surface area (Å²) in [6.45, 7) is 3.94. The molecule has 0 aromatic heterocycles. The van der Waals surface area contributed by atoms with Crippen molar-refractivity contribution in [2.45, 2.75) is 19.8 Å².